The molecule has 0 amide bonds. The summed E-state index contributed by atoms with van der Waals surface area (Å²) in [6.45, 7) is 18.2. The van der Waals surface area contributed by atoms with E-state index in [4.69, 9.17) is 27.8 Å². The predicted molar refractivity (Wildman–Crippen MR) is 277 cm³/mol. The van der Waals surface area contributed by atoms with E-state index in [1.165, 1.54) is 94.7 Å². The molecule has 368 valence electrons. The van der Waals surface area contributed by atoms with E-state index in [0.717, 1.165) is 70.0 Å². The van der Waals surface area contributed by atoms with Gasteiger partial charge in [-0.3, -0.25) is 0 Å². The van der Waals surface area contributed by atoms with Gasteiger partial charge in [-0.2, -0.15) is 0 Å². The molecule has 3 aromatic rings. The number of hydrogen-bond acceptors (Lipinski definition) is 8. The highest BCUT2D eigenvalue weighted by molar-refractivity contribution is 6.84. The van der Waals surface area contributed by atoms with E-state index >= 15 is 0 Å². The molecule has 10 heteroatoms. The van der Waals surface area contributed by atoms with Crippen molar-refractivity contribution in [3.8, 4) is 23.0 Å². The van der Waals surface area contributed by atoms with Gasteiger partial charge in [0.25, 0.3) is 0 Å². The smallest absolute Gasteiger partial charge is 0.343 e. The summed E-state index contributed by atoms with van der Waals surface area (Å²) in [4.78, 5) is 26.5. The molecule has 0 spiro atoms. The number of esters is 2. The Morgan fingerprint density at radius 3 is 1.55 bits per heavy atom. The van der Waals surface area contributed by atoms with Gasteiger partial charge < -0.3 is 27.8 Å². The maximum atomic E-state index is 13.6. The van der Waals surface area contributed by atoms with Gasteiger partial charge in [-0.05, 0) is 149 Å². The first kappa shape index (κ1) is 55.0. The Morgan fingerprint density at radius 1 is 0.485 bits per heavy atom. The van der Waals surface area contributed by atoms with Gasteiger partial charge >= 0.3 is 11.9 Å². The van der Waals surface area contributed by atoms with Gasteiger partial charge in [0, 0.05) is 0 Å². The lowest BCUT2D eigenvalue weighted by Crippen LogP contribution is -2.44. The second kappa shape index (κ2) is 30.7. The Balaban J connectivity index is 1.22. The summed E-state index contributed by atoms with van der Waals surface area (Å²) in [5.74, 6) is 2.23. The number of rotatable bonds is 34. The Labute approximate surface area is 402 Å². The molecule has 66 heavy (non-hydrogen) atoms. The summed E-state index contributed by atoms with van der Waals surface area (Å²) in [5, 5.41) is 0. The van der Waals surface area contributed by atoms with Gasteiger partial charge in [0.15, 0.2) is 28.1 Å². The lowest BCUT2D eigenvalue weighted by atomic mass is 9.83. The van der Waals surface area contributed by atoms with E-state index in [9.17, 15) is 9.59 Å². The number of ether oxygens (including phenoxy) is 5. The van der Waals surface area contributed by atoms with Crippen molar-refractivity contribution < 1.29 is 37.4 Å². The monoisotopic (exact) mass is 945 g/mol. The van der Waals surface area contributed by atoms with Gasteiger partial charge in [0.2, 0.25) is 0 Å². The average molecular weight is 945 g/mol. The van der Waals surface area contributed by atoms with E-state index in [-0.39, 0.29) is 12.1 Å². The fourth-order valence-corrected chi connectivity index (χ4v) is 18.1. The number of unbranched alkanes of at least 4 members (excludes halogenated alkanes) is 14. The van der Waals surface area contributed by atoms with Crippen LogP contribution in [0.2, 0.25) is 38.3 Å². The quantitative estimate of drug-likeness (QED) is 0.0253. The molecular formula is C56H88O8Si2. The zero-order valence-corrected chi connectivity index (χ0v) is 44.4. The van der Waals surface area contributed by atoms with E-state index < -0.39 is 22.6 Å². The molecule has 8 nitrogen and oxygen atoms in total. The van der Waals surface area contributed by atoms with Crippen molar-refractivity contribution in [2.45, 2.75) is 212 Å². The topological polar surface area (TPSA) is 89.5 Å². The van der Waals surface area contributed by atoms with Gasteiger partial charge in [0.1, 0.15) is 17.6 Å². The zero-order valence-electron chi connectivity index (χ0n) is 42.4. The van der Waals surface area contributed by atoms with Crippen molar-refractivity contribution in [1.82, 2.24) is 0 Å². The lowest BCUT2D eigenvalue weighted by molar-refractivity contribution is 0.0194. The molecule has 0 radical (unpaired) electrons. The molecule has 1 fully saturated rings. The fraction of sp³-hybridized carbons (Fsp3) is 0.643. The molecule has 0 atom stereocenters. The molecule has 0 aromatic heterocycles. The SMILES string of the molecule is CCCCCCCCOc1ccc(C(=O)Oc2ccc(C3CCC(OC(=O)c4ccc(OCCCCCCCC)c(OCCCCC[Si](C)(C)O[Si](C)(C)CCCCC)c4)CC3)cc2)cc1. The van der Waals surface area contributed by atoms with Crippen molar-refractivity contribution in [2.24, 2.45) is 0 Å². The zero-order chi connectivity index (χ0) is 47.5. The molecule has 0 unspecified atom stereocenters. The van der Waals surface area contributed by atoms with E-state index in [0.29, 0.717) is 54.1 Å². The Kier molecular flexibility index (Phi) is 25.6. The predicted octanol–water partition coefficient (Wildman–Crippen LogP) is 16.4. The van der Waals surface area contributed by atoms with Gasteiger partial charge in [-0.25, -0.2) is 9.59 Å². The maximum Gasteiger partial charge on any atom is 0.343 e. The van der Waals surface area contributed by atoms with E-state index in [2.05, 4.69) is 47.0 Å². The van der Waals surface area contributed by atoms with Crippen LogP contribution in [-0.2, 0) is 8.85 Å². The van der Waals surface area contributed by atoms with Crippen LogP contribution in [0.4, 0.5) is 0 Å². The third-order valence-corrected chi connectivity index (χ3v) is 20.5. The molecular weight excluding hydrogens is 857 g/mol. The summed E-state index contributed by atoms with van der Waals surface area (Å²) in [6, 6.07) is 22.9. The van der Waals surface area contributed by atoms with E-state index in [1.807, 2.05) is 54.6 Å². The summed E-state index contributed by atoms with van der Waals surface area (Å²) >= 11 is 0. The minimum absolute atomic E-state index is 0.143. The van der Waals surface area contributed by atoms with Crippen LogP contribution >= 0.6 is 0 Å². The molecule has 0 saturated heterocycles. The Morgan fingerprint density at radius 2 is 0.955 bits per heavy atom. The highest BCUT2D eigenvalue weighted by atomic mass is 28.4. The van der Waals surface area contributed by atoms with Crippen LogP contribution < -0.4 is 18.9 Å². The molecule has 0 aliphatic heterocycles. The molecule has 4 rings (SSSR count). The largest absolute Gasteiger partial charge is 0.494 e. The normalized spacial score (nSPS) is 15.3. The number of carbonyl (C=O) groups excluding carboxylic acids is 2. The molecule has 1 saturated carbocycles. The lowest BCUT2D eigenvalue weighted by Gasteiger charge is -2.34. The number of carbonyl (C=O) groups is 2. The molecule has 1 aliphatic rings. The van der Waals surface area contributed by atoms with Crippen LogP contribution in [0.3, 0.4) is 0 Å². The minimum Gasteiger partial charge on any atom is -0.494 e. The molecule has 3 aromatic carbocycles. The third-order valence-electron chi connectivity index (χ3n) is 12.9. The van der Waals surface area contributed by atoms with Crippen LogP contribution in [0.25, 0.3) is 0 Å². The van der Waals surface area contributed by atoms with Crippen LogP contribution in [0.1, 0.15) is 194 Å². The van der Waals surface area contributed by atoms with Crippen molar-refractivity contribution >= 4 is 28.6 Å². The van der Waals surface area contributed by atoms with Crippen LogP contribution in [0, 0.1) is 0 Å². The first-order valence-corrected chi connectivity index (χ1v) is 32.5. The van der Waals surface area contributed by atoms with Crippen LogP contribution in [0.15, 0.2) is 66.7 Å². The standard InChI is InChI=1S/C56H88O8Si2/c1-8-11-14-16-18-21-40-59-50-33-30-48(31-34-50)55(57)62-51-35-26-46(27-36-51)47-28-37-52(38-29-47)63-56(58)49-32-39-53(60-41-22-19-17-15-12-9-2)54(45-49)61-42-23-20-25-44-66(6,7)64-65(4,5)43-24-13-10-3/h26-27,30-36,39,45,47,52H,8-25,28-29,37-38,40-44H2,1-7H3. The van der Waals surface area contributed by atoms with Crippen molar-refractivity contribution in [2.75, 3.05) is 19.8 Å². The maximum absolute atomic E-state index is 13.6. The summed E-state index contributed by atoms with van der Waals surface area (Å²) in [6.07, 6.45) is 24.7. The highest BCUT2D eigenvalue weighted by Gasteiger charge is 2.32. The summed E-state index contributed by atoms with van der Waals surface area (Å²) in [5.41, 5.74) is 2.18. The molecule has 1 aliphatic carbocycles. The van der Waals surface area contributed by atoms with Gasteiger partial charge in [0.05, 0.1) is 30.9 Å². The third kappa shape index (κ3) is 21.6. The van der Waals surface area contributed by atoms with Crippen molar-refractivity contribution in [1.29, 1.82) is 0 Å². The van der Waals surface area contributed by atoms with Gasteiger partial charge in [-0.1, -0.05) is 129 Å². The highest BCUT2D eigenvalue weighted by Crippen LogP contribution is 2.36. The molecule has 0 N–H and O–H groups in total. The minimum atomic E-state index is -1.71. The second-order valence-corrected chi connectivity index (χ2v) is 28.8. The summed E-state index contributed by atoms with van der Waals surface area (Å²) in [7, 11) is -3.34. The fourth-order valence-electron chi connectivity index (χ4n) is 9.06. The van der Waals surface area contributed by atoms with Gasteiger partial charge in [-0.15, -0.1) is 0 Å². The summed E-state index contributed by atoms with van der Waals surface area (Å²) < 4.78 is 37.2. The Hall–Kier alpha value is -3.61. The number of hydrogen-bond donors (Lipinski definition) is 0. The van der Waals surface area contributed by atoms with Crippen LogP contribution in [0.5, 0.6) is 23.0 Å². The first-order valence-electron chi connectivity index (χ1n) is 26.3. The van der Waals surface area contributed by atoms with Crippen molar-refractivity contribution in [3.05, 3.63) is 83.4 Å². The molecule has 0 heterocycles. The number of benzene rings is 3. The average Bonchev–Trinajstić information content (AvgIpc) is 3.30. The first-order chi connectivity index (χ1) is 31.9. The Bertz CT molecular complexity index is 1790. The molecule has 0 bridgehead atoms. The van der Waals surface area contributed by atoms with E-state index in [1.54, 1.807) is 12.1 Å². The van der Waals surface area contributed by atoms with Crippen molar-refractivity contribution in [3.63, 3.8) is 0 Å². The van der Waals surface area contributed by atoms with Crippen LogP contribution in [-0.4, -0.2) is 54.5 Å². The second-order valence-electron chi connectivity index (χ2n) is 20.0.